The van der Waals surface area contributed by atoms with E-state index in [1.54, 1.807) is 6.07 Å². The third-order valence-corrected chi connectivity index (χ3v) is 6.01. The second-order valence-electron chi connectivity index (χ2n) is 6.85. The maximum Gasteiger partial charge on any atom is 0.231 e. The van der Waals surface area contributed by atoms with Gasteiger partial charge in [0.25, 0.3) is 0 Å². The number of anilines is 1. The van der Waals surface area contributed by atoms with Crippen molar-refractivity contribution in [3.8, 4) is 0 Å². The zero-order valence-corrected chi connectivity index (χ0v) is 15.1. The summed E-state index contributed by atoms with van der Waals surface area (Å²) in [5.74, 6) is 0. The molecule has 3 aromatic rings. The number of hydrogen-bond donors (Lipinski definition) is 0. The van der Waals surface area contributed by atoms with Crippen LogP contribution in [-0.2, 0) is 12.8 Å². The fourth-order valence-corrected chi connectivity index (χ4v) is 4.82. The van der Waals surface area contributed by atoms with Crippen LogP contribution in [0.15, 0.2) is 40.6 Å². The van der Waals surface area contributed by atoms with Crippen molar-refractivity contribution in [2.24, 2.45) is 10.2 Å². The Labute approximate surface area is 155 Å². The van der Waals surface area contributed by atoms with Crippen molar-refractivity contribution in [3.63, 3.8) is 0 Å². The van der Waals surface area contributed by atoms with E-state index in [0.29, 0.717) is 10.7 Å². The minimum Gasteiger partial charge on any atom is -0.371 e. The van der Waals surface area contributed by atoms with E-state index in [4.69, 9.17) is 0 Å². The molecule has 5 rings (SSSR count). The molecule has 0 fully saturated rings. The maximum atomic E-state index is 10.9. The van der Waals surface area contributed by atoms with Crippen LogP contribution in [0.5, 0.6) is 0 Å². The fourth-order valence-electron chi connectivity index (χ4n) is 3.99. The quantitative estimate of drug-likeness (QED) is 0.474. The molecule has 0 saturated carbocycles. The van der Waals surface area contributed by atoms with Gasteiger partial charge in [-0.25, -0.2) is 4.98 Å². The molecule has 26 heavy (non-hydrogen) atoms. The Morgan fingerprint density at radius 3 is 2.54 bits per heavy atom. The Morgan fingerprint density at radius 1 is 1.04 bits per heavy atom. The number of benzene rings is 2. The molecule has 0 saturated heterocycles. The van der Waals surface area contributed by atoms with Crippen molar-refractivity contribution in [3.05, 3.63) is 47.0 Å². The second kappa shape index (κ2) is 6.29. The van der Waals surface area contributed by atoms with Crippen LogP contribution in [0.25, 0.3) is 10.2 Å². The summed E-state index contributed by atoms with van der Waals surface area (Å²) in [6, 6.07) is 9.83. The van der Waals surface area contributed by atoms with Crippen molar-refractivity contribution in [2.45, 2.75) is 25.7 Å². The van der Waals surface area contributed by atoms with Gasteiger partial charge in [-0.2, -0.15) is 0 Å². The first-order chi connectivity index (χ1) is 12.8. The highest BCUT2D eigenvalue weighted by atomic mass is 32.1. The minimum absolute atomic E-state index is 0.621. The van der Waals surface area contributed by atoms with E-state index in [1.807, 2.05) is 12.1 Å². The number of rotatable bonds is 3. The third-order valence-electron chi connectivity index (χ3n) is 5.11. The van der Waals surface area contributed by atoms with E-state index in [1.165, 1.54) is 54.1 Å². The molecule has 0 N–H and O–H groups in total. The Kier molecular flexibility index (Phi) is 3.78. The van der Waals surface area contributed by atoms with E-state index in [2.05, 4.69) is 32.2 Å². The Balaban J connectivity index is 1.48. The van der Waals surface area contributed by atoms with E-state index >= 15 is 0 Å². The molecule has 0 atom stereocenters. The predicted molar refractivity (Wildman–Crippen MR) is 104 cm³/mol. The van der Waals surface area contributed by atoms with Gasteiger partial charge in [-0.1, -0.05) is 11.3 Å². The van der Waals surface area contributed by atoms with Gasteiger partial charge in [-0.3, -0.25) is 4.79 Å². The molecule has 0 spiro atoms. The summed E-state index contributed by atoms with van der Waals surface area (Å²) in [6.07, 6.45) is 5.52. The molecule has 1 aromatic heterocycles. The molecule has 5 nitrogen and oxygen atoms in total. The smallest absolute Gasteiger partial charge is 0.231 e. The number of aryl methyl sites for hydroxylation is 2. The molecule has 2 aliphatic heterocycles. The van der Waals surface area contributed by atoms with Crippen molar-refractivity contribution in [1.82, 2.24) is 4.98 Å². The molecule has 0 aliphatic carbocycles. The molecule has 3 heterocycles. The minimum atomic E-state index is 0.621. The second-order valence-corrected chi connectivity index (χ2v) is 7.86. The number of azo groups is 1. The number of carbonyl (C=O) groups excluding carboxylic acids is 1. The lowest BCUT2D eigenvalue weighted by Gasteiger charge is -2.36. The maximum absolute atomic E-state index is 10.9. The lowest BCUT2D eigenvalue weighted by Crippen LogP contribution is -2.34. The van der Waals surface area contributed by atoms with Crippen molar-refractivity contribution in [2.75, 3.05) is 18.0 Å². The summed E-state index contributed by atoms with van der Waals surface area (Å²) < 4.78 is 0.958. The van der Waals surface area contributed by atoms with Gasteiger partial charge in [-0.05, 0) is 67.1 Å². The van der Waals surface area contributed by atoms with Crippen LogP contribution in [-0.4, -0.2) is 24.4 Å². The van der Waals surface area contributed by atoms with Crippen LogP contribution >= 0.6 is 11.3 Å². The standard InChI is InChI=1S/C20H18N4OS/c25-12-13-5-6-17-18(9-13)26-20(21-17)23-22-16-10-14-3-1-7-24-8-2-4-15(11-16)19(14)24/h5-6,9-12H,1-4,7-8H2. The van der Waals surface area contributed by atoms with Crippen LogP contribution in [0.3, 0.4) is 0 Å². The Hall–Kier alpha value is -2.60. The van der Waals surface area contributed by atoms with Crippen molar-refractivity contribution < 1.29 is 4.79 Å². The number of aromatic nitrogens is 1. The average molecular weight is 362 g/mol. The Morgan fingerprint density at radius 2 is 1.81 bits per heavy atom. The van der Waals surface area contributed by atoms with Crippen LogP contribution in [0.4, 0.5) is 16.5 Å². The SMILES string of the molecule is O=Cc1ccc2nc(N=Nc3cc4c5c(c3)CCCN5CCC4)sc2c1. The molecule has 0 amide bonds. The highest BCUT2D eigenvalue weighted by Gasteiger charge is 2.24. The van der Waals surface area contributed by atoms with Crippen LogP contribution < -0.4 is 4.90 Å². The molecule has 2 aliphatic rings. The van der Waals surface area contributed by atoms with E-state index in [9.17, 15) is 4.79 Å². The fraction of sp³-hybridized carbons (Fsp3) is 0.300. The largest absolute Gasteiger partial charge is 0.371 e. The first-order valence-corrected chi connectivity index (χ1v) is 9.80. The van der Waals surface area contributed by atoms with Gasteiger partial charge in [0.2, 0.25) is 5.13 Å². The summed E-state index contributed by atoms with van der Waals surface area (Å²) in [6.45, 7) is 2.35. The van der Waals surface area contributed by atoms with Gasteiger partial charge in [0.1, 0.15) is 6.29 Å². The van der Waals surface area contributed by atoms with E-state index in [0.717, 1.165) is 35.0 Å². The first-order valence-electron chi connectivity index (χ1n) is 8.98. The summed E-state index contributed by atoms with van der Waals surface area (Å²) in [5, 5.41) is 9.45. The van der Waals surface area contributed by atoms with Crippen molar-refractivity contribution >= 4 is 44.3 Å². The van der Waals surface area contributed by atoms with Gasteiger partial charge in [-0.15, -0.1) is 10.2 Å². The number of fused-ring (bicyclic) bond motifs is 1. The molecule has 6 heteroatoms. The number of thiazole rings is 1. The summed E-state index contributed by atoms with van der Waals surface area (Å²) in [7, 11) is 0. The molecular formula is C20H18N4OS. The van der Waals surface area contributed by atoms with Gasteiger partial charge in [0, 0.05) is 24.3 Å². The van der Waals surface area contributed by atoms with Gasteiger partial charge >= 0.3 is 0 Å². The summed E-state index contributed by atoms with van der Waals surface area (Å²) in [4.78, 5) is 17.9. The van der Waals surface area contributed by atoms with Gasteiger partial charge in [0.05, 0.1) is 15.9 Å². The zero-order chi connectivity index (χ0) is 17.5. The predicted octanol–water partition coefficient (Wildman–Crippen LogP) is 5.22. The van der Waals surface area contributed by atoms with E-state index in [-0.39, 0.29) is 0 Å². The third kappa shape index (κ3) is 2.70. The normalized spacial score (nSPS) is 16.2. The van der Waals surface area contributed by atoms with Crippen LogP contribution in [0.1, 0.15) is 34.3 Å². The topological polar surface area (TPSA) is 57.9 Å². The monoisotopic (exact) mass is 362 g/mol. The lowest BCUT2D eigenvalue weighted by molar-refractivity contribution is 0.112. The van der Waals surface area contributed by atoms with Crippen molar-refractivity contribution in [1.29, 1.82) is 0 Å². The number of aldehydes is 1. The molecule has 0 bridgehead atoms. The first kappa shape index (κ1) is 15.6. The number of hydrogen-bond acceptors (Lipinski definition) is 6. The summed E-state index contributed by atoms with van der Waals surface area (Å²) in [5.41, 5.74) is 6.68. The average Bonchev–Trinajstić information content (AvgIpc) is 3.09. The van der Waals surface area contributed by atoms with Crippen LogP contribution in [0, 0.1) is 0 Å². The number of carbonyl (C=O) groups is 1. The van der Waals surface area contributed by atoms with E-state index < -0.39 is 0 Å². The number of nitrogens with zero attached hydrogens (tertiary/aromatic N) is 4. The molecular weight excluding hydrogens is 344 g/mol. The van der Waals surface area contributed by atoms with Gasteiger partial charge < -0.3 is 4.90 Å². The zero-order valence-electron chi connectivity index (χ0n) is 14.3. The molecule has 2 aromatic carbocycles. The molecule has 0 radical (unpaired) electrons. The molecule has 130 valence electrons. The van der Waals surface area contributed by atoms with Gasteiger partial charge in [0.15, 0.2) is 0 Å². The Bertz CT molecular complexity index is 1010. The molecule has 0 unspecified atom stereocenters. The summed E-state index contributed by atoms with van der Waals surface area (Å²) >= 11 is 1.46. The highest BCUT2D eigenvalue weighted by molar-refractivity contribution is 7.21. The lowest BCUT2D eigenvalue weighted by atomic mass is 9.91. The van der Waals surface area contributed by atoms with Crippen LogP contribution in [0.2, 0.25) is 0 Å². The highest BCUT2D eigenvalue weighted by Crippen LogP contribution is 2.38.